The van der Waals surface area contributed by atoms with Gasteiger partial charge in [-0.1, -0.05) is 18.2 Å². The summed E-state index contributed by atoms with van der Waals surface area (Å²) in [6.45, 7) is 0. The minimum absolute atomic E-state index is 0.265. The van der Waals surface area contributed by atoms with Crippen LogP contribution in [0.4, 0.5) is 13.2 Å². The van der Waals surface area contributed by atoms with Crippen molar-refractivity contribution in [3.63, 3.8) is 0 Å². The Morgan fingerprint density at radius 2 is 1.95 bits per heavy atom. The maximum Gasteiger partial charge on any atom is 0.433 e. The molecule has 5 nitrogen and oxygen atoms in total. The number of rotatable bonds is 2. The summed E-state index contributed by atoms with van der Waals surface area (Å²) in [4.78, 5) is 15.4. The van der Waals surface area contributed by atoms with Crippen molar-refractivity contribution in [2.75, 3.05) is 0 Å². The molecule has 0 aliphatic carbocycles. The van der Waals surface area contributed by atoms with Crippen LogP contribution in [0.5, 0.6) is 0 Å². The average molecular weight is 307 g/mol. The van der Waals surface area contributed by atoms with Gasteiger partial charge in [-0.3, -0.25) is 10.1 Å². The Hall–Kier alpha value is -2.90. The number of nitrogens with zero attached hydrogens (tertiary/aromatic N) is 2. The molecule has 2 aromatic heterocycles. The summed E-state index contributed by atoms with van der Waals surface area (Å²) in [6, 6.07) is 8.02. The van der Waals surface area contributed by atoms with Crippen LogP contribution in [0.1, 0.15) is 16.1 Å². The number of aromatic amines is 1. The van der Waals surface area contributed by atoms with Crippen LogP contribution < -0.4 is 0 Å². The Kier molecular flexibility index (Phi) is 3.09. The molecular weight excluding hydrogens is 299 g/mol. The number of aromatic nitrogens is 3. The van der Waals surface area contributed by atoms with Gasteiger partial charge in [-0.25, -0.2) is 4.79 Å². The molecule has 112 valence electrons. The number of benzene rings is 1. The van der Waals surface area contributed by atoms with Crippen LogP contribution in [-0.4, -0.2) is 26.3 Å². The summed E-state index contributed by atoms with van der Waals surface area (Å²) >= 11 is 0. The molecule has 0 aliphatic heterocycles. The van der Waals surface area contributed by atoms with Gasteiger partial charge < -0.3 is 5.11 Å². The van der Waals surface area contributed by atoms with E-state index in [1.165, 1.54) is 12.3 Å². The van der Waals surface area contributed by atoms with Crippen LogP contribution >= 0.6 is 0 Å². The largest absolute Gasteiger partial charge is 0.478 e. The number of nitrogens with one attached hydrogen (secondary N) is 1. The molecule has 0 aliphatic rings. The van der Waals surface area contributed by atoms with Gasteiger partial charge in [-0.2, -0.15) is 18.3 Å². The van der Waals surface area contributed by atoms with E-state index in [1.54, 1.807) is 29.4 Å². The third-order valence-corrected chi connectivity index (χ3v) is 3.16. The third-order valence-electron chi connectivity index (χ3n) is 3.16. The summed E-state index contributed by atoms with van der Waals surface area (Å²) in [5, 5.41) is 15.0. The zero-order valence-corrected chi connectivity index (χ0v) is 10.8. The fourth-order valence-corrected chi connectivity index (χ4v) is 2.26. The molecule has 0 fully saturated rings. The van der Waals surface area contributed by atoms with Gasteiger partial charge in [0, 0.05) is 17.1 Å². The van der Waals surface area contributed by atoms with Gasteiger partial charge in [0.05, 0.1) is 5.52 Å². The minimum atomic E-state index is -4.83. The number of fused-ring (bicyclic) bond motifs is 1. The van der Waals surface area contributed by atoms with Crippen molar-refractivity contribution in [3.8, 4) is 11.3 Å². The molecule has 0 unspecified atom stereocenters. The van der Waals surface area contributed by atoms with E-state index in [0.717, 1.165) is 0 Å². The van der Waals surface area contributed by atoms with Crippen molar-refractivity contribution >= 4 is 16.9 Å². The summed E-state index contributed by atoms with van der Waals surface area (Å²) in [5.41, 5.74) is -1.74. The van der Waals surface area contributed by atoms with Crippen LogP contribution in [0.2, 0.25) is 0 Å². The van der Waals surface area contributed by atoms with Crippen molar-refractivity contribution in [2.45, 2.75) is 6.18 Å². The van der Waals surface area contributed by atoms with Crippen LogP contribution in [0.25, 0.3) is 22.2 Å². The lowest BCUT2D eigenvalue weighted by atomic mass is 10.0. The SMILES string of the molecule is O=C(O)c1c(-c2cccc3ncccc23)n[nH]c1C(F)(F)F. The summed E-state index contributed by atoms with van der Waals surface area (Å²) in [6.07, 6.45) is -3.29. The molecule has 22 heavy (non-hydrogen) atoms. The van der Waals surface area contributed by atoms with Crippen molar-refractivity contribution < 1.29 is 23.1 Å². The molecule has 0 spiro atoms. The van der Waals surface area contributed by atoms with E-state index in [2.05, 4.69) is 10.1 Å². The van der Waals surface area contributed by atoms with Crippen LogP contribution in [0, 0.1) is 0 Å². The molecule has 3 rings (SSSR count). The standard InChI is InChI=1S/C14H8F3N3O2/c15-14(16,17)12-10(13(21)22)11(19-20-12)8-3-1-5-9-7(8)4-2-6-18-9/h1-6H,(H,19,20)(H,21,22). The first-order valence-corrected chi connectivity index (χ1v) is 6.12. The molecule has 0 saturated carbocycles. The smallest absolute Gasteiger partial charge is 0.433 e. The van der Waals surface area contributed by atoms with E-state index >= 15 is 0 Å². The molecule has 0 bridgehead atoms. The zero-order valence-electron chi connectivity index (χ0n) is 10.8. The van der Waals surface area contributed by atoms with E-state index in [4.69, 9.17) is 5.11 Å². The number of carboxylic acid groups (broad SMARTS) is 1. The number of halogens is 3. The van der Waals surface area contributed by atoms with Crippen LogP contribution in [0.3, 0.4) is 0 Å². The molecule has 1 aromatic carbocycles. The minimum Gasteiger partial charge on any atom is -0.478 e. The zero-order chi connectivity index (χ0) is 15.9. The number of hydrogen-bond donors (Lipinski definition) is 2. The predicted molar refractivity (Wildman–Crippen MR) is 71.3 cm³/mol. The number of carbonyl (C=O) groups is 1. The number of carboxylic acids is 1. The molecule has 0 amide bonds. The number of hydrogen-bond acceptors (Lipinski definition) is 3. The lowest BCUT2D eigenvalue weighted by Gasteiger charge is -2.06. The lowest BCUT2D eigenvalue weighted by Crippen LogP contribution is -2.12. The molecule has 0 radical (unpaired) electrons. The molecular formula is C14H8F3N3O2. The molecule has 8 heteroatoms. The summed E-state index contributed by atoms with van der Waals surface area (Å²) < 4.78 is 38.7. The van der Waals surface area contributed by atoms with Gasteiger partial charge >= 0.3 is 12.1 Å². The van der Waals surface area contributed by atoms with E-state index in [-0.39, 0.29) is 11.3 Å². The number of alkyl halides is 3. The highest BCUT2D eigenvalue weighted by molar-refractivity contribution is 6.02. The lowest BCUT2D eigenvalue weighted by molar-refractivity contribution is -0.141. The average Bonchev–Trinajstić information content (AvgIpc) is 2.91. The first-order chi connectivity index (χ1) is 10.4. The van der Waals surface area contributed by atoms with Crippen LogP contribution in [-0.2, 0) is 6.18 Å². The highest BCUT2D eigenvalue weighted by Gasteiger charge is 2.40. The second-order valence-electron chi connectivity index (χ2n) is 4.50. The van der Waals surface area contributed by atoms with Crippen molar-refractivity contribution in [1.29, 1.82) is 0 Å². The summed E-state index contributed by atoms with van der Waals surface area (Å²) in [5.74, 6) is -1.70. The number of H-pyrrole nitrogens is 1. The van der Waals surface area contributed by atoms with Crippen molar-refractivity contribution in [1.82, 2.24) is 15.2 Å². The fraction of sp³-hybridized carbons (Fsp3) is 0.0714. The third kappa shape index (κ3) is 2.18. The maximum atomic E-state index is 12.9. The second kappa shape index (κ2) is 4.83. The van der Waals surface area contributed by atoms with E-state index in [1.807, 2.05) is 0 Å². The van der Waals surface area contributed by atoms with Gasteiger partial charge in [-0.05, 0) is 12.1 Å². The van der Waals surface area contributed by atoms with Gasteiger partial charge in [-0.15, -0.1) is 0 Å². The molecule has 0 saturated heterocycles. The Bertz CT molecular complexity index is 866. The maximum absolute atomic E-state index is 12.9. The molecule has 2 N–H and O–H groups in total. The highest BCUT2D eigenvalue weighted by atomic mass is 19.4. The molecule has 3 aromatic rings. The van der Waals surface area contributed by atoms with Gasteiger partial charge in [0.25, 0.3) is 0 Å². The van der Waals surface area contributed by atoms with E-state index < -0.39 is 23.4 Å². The Morgan fingerprint density at radius 3 is 2.64 bits per heavy atom. The highest BCUT2D eigenvalue weighted by Crippen LogP contribution is 2.36. The normalized spacial score (nSPS) is 11.8. The molecule has 0 atom stereocenters. The molecule has 2 heterocycles. The Balaban J connectivity index is 2.33. The van der Waals surface area contributed by atoms with Gasteiger partial charge in [0.2, 0.25) is 0 Å². The quantitative estimate of drug-likeness (QED) is 0.761. The first-order valence-electron chi connectivity index (χ1n) is 6.12. The first kappa shape index (κ1) is 14.1. The number of pyridine rings is 1. The predicted octanol–water partition coefficient (Wildman–Crippen LogP) is 3.34. The van der Waals surface area contributed by atoms with E-state index in [9.17, 15) is 18.0 Å². The second-order valence-corrected chi connectivity index (χ2v) is 4.50. The number of aromatic carboxylic acids is 1. The van der Waals surface area contributed by atoms with Crippen LogP contribution in [0.15, 0.2) is 36.5 Å². The monoisotopic (exact) mass is 307 g/mol. The van der Waals surface area contributed by atoms with Gasteiger partial charge in [0.15, 0.2) is 5.69 Å². The van der Waals surface area contributed by atoms with Crippen molar-refractivity contribution in [3.05, 3.63) is 47.8 Å². The van der Waals surface area contributed by atoms with Gasteiger partial charge in [0.1, 0.15) is 11.3 Å². The Morgan fingerprint density at radius 1 is 1.18 bits per heavy atom. The summed E-state index contributed by atoms with van der Waals surface area (Å²) in [7, 11) is 0. The topological polar surface area (TPSA) is 78.9 Å². The van der Waals surface area contributed by atoms with E-state index in [0.29, 0.717) is 10.9 Å². The fourth-order valence-electron chi connectivity index (χ4n) is 2.26. The van der Waals surface area contributed by atoms with Crippen molar-refractivity contribution in [2.24, 2.45) is 0 Å². The Labute approximate surface area is 121 Å².